The molecule has 26 heavy (non-hydrogen) atoms. The van der Waals surface area contributed by atoms with E-state index in [0.29, 0.717) is 17.3 Å². The summed E-state index contributed by atoms with van der Waals surface area (Å²) in [4.78, 5) is 21.4. The Labute approximate surface area is 152 Å². The third-order valence-electron chi connectivity index (χ3n) is 4.17. The van der Waals surface area contributed by atoms with E-state index in [2.05, 4.69) is 20.4 Å². The number of nitrogens with two attached hydrogens (primary N) is 1. The van der Waals surface area contributed by atoms with Crippen LogP contribution in [0, 0.1) is 27.7 Å². The van der Waals surface area contributed by atoms with Gasteiger partial charge in [-0.3, -0.25) is 4.79 Å². The fourth-order valence-corrected chi connectivity index (χ4v) is 2.89. The van der Waals surface area contributed by atoms with Crippen LogP contribution >= 0.6 is 0 Å². The number of nitrogen functional groups attached to an aromatic ring is 1. The summed E-state index contributed by atoms with van der Waals surface area (Å²) in [5, 5.41) is 7.38. The number of carbonyl (C=O) groups excluding carboxylic acids is 1. The number of nitrogens with zero attached hydrogens (tertiary/aromatic N) is 4. The fourth-order valence-electron chi connectivity index (χ4n) is 2.89. The van der Waals surface area contributed by atoms with Crippen LogP contribution in [0.25, 0.3) is 5.95 Å². The molecule has 3 aromatic rings. The number of hydrogen-bond donors (Lipinski definition) is 2. The molecule has 0 atom stereocenters. The molecule has 0 bridgehead atoms. The maximum atomic E-state index is 12.5. The number of hydrogen-bond acceptors (Lipinski definition) is 5. The van der Waals surface area contributed by atoms with E-state index in [1.807, 2.05) is 45.9 Å². The molecule has 134 valence electrons. The van der Waals surface area contributed by atoms with Crippen molar-refractivity contribution in [1.29, 1.82) is 0 Å². The number of rotatable bonds is 4. The van der Waals surface area contributed by atoms with Gasteiger partial charge in [-0.25, -0.2) is 14.6 Å². The maximum absolute atomic E-state index is 12.5. The van der Waals surface area contributed by atoms with Crippen LogP contribution in [-0.2, 0) is 11.2 Å². The highest BCUT2D eigenvalue weighted by Crippen LogP contribution is 2.20. The van der Waals surface area contributed by atoms with Crippen molar-refractivity contribution < 1.29 is 4.79 Å². The molecule has 7 nitrogen and oxygen atoms in total. The Morgan fingerprint density at radius 3 is 2.42 bits per heavy atom. The number of carbonyl (C=O) groups is 1. The SMILES string of the molecule is Cc1cc(C)nc(-n2nc(C)c(CC(=O)Nc3ccccc3N)c2C)n1. The third kappa shape index (κ3) is 3.56. The molecule has 2 heterocycles. The predicted molar refractivity (Wildman–Crippen MR) is 101 cm³/mol. The Morgan fingerprint density at radius 2 is 1.77 bits per heavy atom. The monoisotopic (exact) mass is 350 g/mol. The van der Waals surface area contributed by atoms with Crippen molar-refractivity contribution in [3.8, 4) is 5.95 Å². The lowest BCUT2D eigenvalue weighted by Gasteiger charge is -2.08. The first kappa shape index (κ1) is 17.6. The van der Waals surface area contributed by atoms with Gasteiger partial charge in [0, 0.05) is 22.6 Å². The lowest BCUT2D eigenvalue weighted by atomic mass is 10.1. The first-order chi connectivity index (χ1) is 12.3. The van der Waals surface area contributed by atoms with Gasteiger partial charge >= 0.3 is 0 Å². The van der Waals surface area contributed by atoms with Gasteiger partial charge in [0.05, 0.1) is 23.5 Å². The summed E-state index contributed by atoms with van der Waals surface area (Å²) in [6.45, 7) is 7.64. The zero-order valence-corrected chi connectivity index (χ0v) is 15.4. The zero-order valence-electron chi connectivity index (χ0n) is 15.4. The highest BCUT2D eigenvalue weighted by atomic mass is 16.1. The van der Waals surface area contributed by atoms with Crippen LogP contribution in [0.3, 0.4) is 0 Å². The number of amides is 1. The molecule has 3 rings (SSSR count). The molecule has 0 aliphatic carbocycles. The average molecular weight is 350 g/mol. The van der Waals surface area contributed by atoms with E-state index in [0.717, 1.165) is 28.3 Å². The molecule has 3 N–H and O–H groups in total. The quantitative estimate of drug-likeness (QED) is 0.705. The van der Waals surface area contributed by atoms with Gasteiger partial charge in [-0.1, -0.05) is 12.1 Å². The standard InChI is InChI=1S/C19H22N6O/c1-11-9-12(2)22-19(21-11)25-14(4)15(13(3)24-25)10-18(26)23-17-8-6-5-7-16(17)20/h5-9H,10,20H2,1-4H3,(H,23,26). The summed E-state index contributed by atoms with van der Waals surface area (Å²) in [5.41, 5.74) is 11.3. The lowest BCUT2D eigenvalue weighted by molar-refractivity contribution is -0.115. The Bertz CT molecular complexity index is 956. The molecule has 0 radical (unpaired) electrons. The lowest BCUT2D eigenvalue weighted by Crippen LogP contribution is -2.16. The second kappa shape index (κ2) is 6.95. The van der Waals surface area contributed by atoms with Crippen LogP contribution in [0.5, 0.6) is 0 Å². The second-order valence-electron chi connectivity index (χ2n) is 6.32. The Kier molecular flexibility index (Phi) is 4.71. The molecule has 0 spiro atoms. The summed E-state index contributed by atoms with van der Waals surface area (Å²) in [6.07, 6.45) is 0.205. The van der Waals surface area contributed by atoms with E-state index in [9.17, 15) is 4.79 Å². The number of anilines is 2. The van der Waals surface area contributed by atoms with Gasteiger partial charge in [0.1, 0.15) is 0 Å². The van der Waals surface area contributed by atoms with Crippen molar-refractivity contribution in [2.24, 2.45) is 0 Å². The maximum Gasteiger partial charge on any atom is 0.251 e. The molecule has 2 aromatic heterocycles. The minimum atomic E-state index is -0.144. The highest BCUT2D eigenvalue weighted by Gasteiger charge is 2.18. The number of aryl methyl sites for hydroxylation is 3. The molecule has 0 saturated carbocycles. The smallest absolute Gasteiger partial charge is 0.251 e. The topological polar surface area (TPSA) is 98.7 Å². The summed E-state index contributed by atoms with van der Waals surface area (Å²) < 4.78 is 1.69. The highest BCUT2D eigenvalue weighted by molar-refractivity contribution is 5.95. The molecule has 0 fully saturated rings. The van der Waals surface area contributed by atoms with E-state index >= 15 is 0 Å². The number of para-hydroxylation sites is 2. The molecule has 0 unspecified atom stereocenters. The number of benzene rings is 1. The normalized spacial score (nSPS) is 10.8. The second-order valence-corrected chi connectivity index (χ2v) is 6.32. The minimum Gasteiger partial charge on any atom is -0.397 e. The van der Waals surface area contributed by atoms with Crippen LogP contribution in [0.2, 0.25) is 0 Å². The van der Waals surface area contributed by atoms with Crippen molar-refractivity contribution in [2.45, 2.75) is 34.1 Å². The fraction of sp³-hybridized carbons (Fsp3) is 0.263. The largest absolute Gasteiger partial charge is 0.397 e. The van der Waals surface area contributed by atoms with Gasteiger partial charge < -0.3 is 11.1 Å². The minimum absolute atomic E-state index is 0.144. The number of aromatic nitrogens is 4. The number of nitrogens with one attached hydrogen (secondary N) is 1. The Morgan fingerprint density at radius 1 is 1.12 bits per heavy atom. The summed E-state index contributed by atoms with van der Waals surface area (Å²) >= 11 is 0. The van der Waals surface area contributed by atoms with E-state index in [1.54, 1.807) is 16.8 Å². The van der Waals surface area contributed by atoms with E-state index in [-0.39, 0.29) is 12.3 Å². The van der Waals surface area contributed by atoms with E-state index < -0.39 is 0 Å². The van der Waals surface area contributed by atoms with Crippen LogP contribution in [0.15, 0.2) is 30.3 Å². The van der Waals surface area contributed by atoms with Crippen molar-refractivity contribution >= 4 is 17.3 Å². The summed E-state index contributed by atoms with van der Waals surface area (Å²) in [5.74, 6) is 0.372. The molecule has 0 aliphatic heterocycles. The van der Waals surface area contributed by atoms with Crippen LogP contribution in [0.1, 0.15) is 28.3 Å². The van der Waals surface area contributed by atoms with Gasteiger partial charge in [0.15, 0.2) is 0 Å². The van der Waals surface area contributed by atoms with Crippen LogP contribution in [0.4, 0.5) is 11.4 Å². The Hall–Kier alpha value is -3.22. The third-order valence-corrected chi connectivity index (χ3v) is 4.17. The molecule has 1 aromatic carbocycles. The van der Waals surface area contributed by atoms with Gasteiger partial charge in [-0.05, 0) is 45.9 Å². The van der Waals surface area contributed by atoms with Crippen molar-refractivity contribution in [1.82, 2.24) is 19.7 Å². The van der Waals surface area contributed by atoms with E-state index in [1.165, 1.54) is 0 Å². The molecular weight excluding hydrogens is 328 g/mol. The molecule has 7 heteroatoms. The zero-order chi connectivity index (χ0) is 18.8. The molecule has 0 saturated heterocycles. The van der Waals surface area contributed by atoms with Gasteiger partial charge in [-0.15, -0.1) is 0 Å². The summed E-state index contributed by atoms with van der Waals surface area (Å²) in [6, 6.07) is 9.10. The first-order valence-corrected chi connectivity index (χ1v) is 8.37. The molecule has 0 aliphatic rings. The van der Waals surface area contributed by atoms with E-state index in [4.69, 9.17) is 5.73 Å². The average Bonchev–Trinajstić information content (AvgIpc) is 2.84. The molecular formula is C19H22N6O. The predicted octanol–water partition coefficient (Wildman–Crippen LogP) is 2.66. The summed E-state index contributed by atoms with van der Waals surface area (Å²) in [7, 11) is 0. The van der Waals surface area contributed by atoms with Crippen LogP contribution < -0.4 is 11.1 Å². The Balaban J connectivity index is 1.86. The van der Waals surface area contributed by atoms with Crippen molar-refractivity contribution in [3.63, 3.8) is 0 Å². The van der Waals surface area contributed by atoms with Gasteiger partial charge in [0.2, 0.25) is 5.91 Å². The van der Waals surface area contributed by atoms with Crippen molar-refractivity contribution in [2.75, 3.05) is 11.1 Å². The van der Waals surface area contributed by atoms with Crippen molar-refractivity contribution in [3.05, 3.63) is 58.7 Å². The first-order valence-electron chi connectivity index (χ1n) is 8.37. The van der Waals surface area contributed by atoms with Gasteiger partial charge in [-0.2, -0.15) is 5.10 Å². The van der Waals surface area contributed by atoms with Gasteiger partial charge in [0.25, 0.3) is 5.95 Å². The van der Waals surface area contributed by atoms with Crippen LogP contribution in [-0.4, -0.2) is 25.7 Å². The molecule has 1 amide bonds.